The van der Waals surface area contributed by atoms with Crippen molar-refractivity contribution in [2.24, 2.45) is 0 Å². The Hall–Kier alpha value is -3.42. The Morgan fingerprint density at radius 2 is 1.91 bits per heavy atom. The van der Waals surface area contributed by atoms with Crippen molar-refractivity contribution >= 4 is 50.0 Å². The maximum atomic E-state index is 13.4. The molecule has 8 heteroatoms. The Morgan fingerprint density at radius 1 is 1.12 bits per heavy atom. The van der Waals surface area contributed by atoms with E-state index in [4.69, 9.17) is 16.0 Å². The number of Topliss-reactive ketones (excluding diaryl/α,β-unsaturated/α-hetero) is 1. The highest BCUT2D eigenvalue weighted by Crippen LogP contribution is 2.45. The van der Waals surface area contributed by atoms with Crippen LogP contribution in [0, 0.1) is 13.8 Å². The number of para-hydroxylation sites is 1. The Morgan fingerprint density at radius 3 is 2.59 bits per heavy atom. The normalized spacial score (nSPS) is 16.4. The predicted octanol–water partition coefficient (Wildman–Crippen LogP) is 5.94. The molecule has 0 saturated carbocycles. The number of fused-ring (bicyclic) bond motifs is 1. The number of rotatable bonds is 4. The summed E-state index contributed by atoms with van der Waals surface area (Å²) in [5, 5.41) is 11.7. The fourth-order valence-corrected chi connectivity index (χ4v) is 5.21. The number of carbonyl (C=O) groups excluding carboxylic acids is 2. The van der Waals surface area contributed by atoms with E-state index in [1.807, 2.05) is 37.3 Å². The number of hydrogen-bond acceptors (Lipinski definition) is 6. The van der Waals surface area contributed by atoms with Crippen LogP contribution in [0.15, 0.2) is 70.3 Å². The van der Waals surface area contributed by atoms with Gasteiger partial charge in [-0.2, -0.15) is 0 Å². The second-order valence-electron chi connectivity index (χ2n) is 7.52. The van der Waals surface area contributed by atoms with Gasteiger partial charge >= 0.3 is 0 Å². The van der Waals surface area contributed by atoms with E-state index >= 15 is 0 Å². The zero-order valence-electron chi connectivity index (χ0n) is 17.1. The number of amides is 1. The first kappa shape index (κ1) is 20.5. The lowest BCUT2D eigenvalue weighted by Gasteiger charge is -2.25. The number of anilines is 1. The zero-order valence-corrected chi connectivity index (χ0v) is 18.7. The van der Waals surface area contributed by atoms with Gasteiger partial charge in [0.2, 0.25) is 5.78 Å². The molecule has 1 unspecified atom stereocenters. The molecule has 1 amide bonds. The highest BCUT2D eigenvalue weighted by molar-refractivity contribution is 7.22. The van der Waals surface area contributed by atoms with Crippen molar-refractivity contribution < 1.29 is 19.1 Å². The summed E-state index contributed by atoms with van der Waals surface area (Å²) < 4.78 is 6.30. The van der Waals surface area contributed by atoms with Crippen LogP contribution in [0.3, 0.4) is 0 Å². The van der Waals surface area contributed by atoms with E-state index in [0.29, 0.717) is 27.0 Å². The molecule has 1 aliphatic heterocycles. The number of thiazole rings is 1. The topological polar surface area (TPSA) is 83.6 Å². The molecule has 0 saturated heterocycles. The van der Waals surface area contributed by atoms with Gasteiger partial charge in [0.15, 0.2) is 16.7 Å². The molecule has 0 spiro atoms. The lowest BCUT2D eigenvalue weighted by molar-refractivity contribution is -0.117. The van der Waals surface area contributed by atoms with Crippen LogP contribution in [0.2, 0.25) is 5.02 Å². The molecule has 32 heavy (non-hydrogen) atoms. The number of hydrogen-bond donors (Lipinski definition) is 1. The van der Waals surface area contributed by atoms with Crippen molar-refractivity contribution in [2.75, 3.05) is 4.90 Å². The number of nitrogens with zero attached hydrogens (tertiary/aromatic N) is 2. The number of aryl methyl sites for hydroxylation is 2. The number of benzene rings is 2. The van der Waals surface area contributed by atoms with Crippen molar-refractivity contribution in [3.8, 4) is 0 Å². The molecule has 0 fully saturated rings. The number of ketones is 1. The summed E-state index contributed by atoms with van der Waals surface area (Å²) in [4.78, 5) is 32.6. The van der Waals surface area contributed by atoms with Crippen LogP contribution in [0.25, 0.3) is 10.2 Å². The first-order chi connectivity index (χ1) is 15.4. The summed E-state index contributed by atoms with van der Waals surface area (Å²) in [5.74, 6) is -1.23. The number of aliphatic hydroxyl groups excluding tert-OH is 1. The van der Waals surface area contributed by atoms with Crippen molar-refractivity contribution in [1.29, 1.82) is 0 Å². The predicted molar refractivity (Wildman–Crippen MR) is 123 cm³/mol. The molecule has 0 radical (unpaired) electrons. The van der Waals surface area contributed by atoms with E-state index in [-0.39, 0.29) is 11.3 Å². The third-order valence-corrected chi connectivity index (χ3v) is 6.79. The van der Waals surface area contributed by atoms with Crippen LogP contribution < -0.4 is 4.90 Å². The molecule has 6 nitrogen and oxygen atoms in total. The average Bonchev–Trinajstić information content (AvgIpc) is 3.46. The van der Waals surface area contributed by atoms with Crippen molar-refractivity contribution in [1.82, 2.24) is 4.98 Å². The first-order valence-electron chi connectivity index (χ1n) is 9.85. The molecular weight excluding hydrogens is 448 g/mol. The Balaban J connectivity index is 1.71. The van der Waals surface area contributed by atoms with Crippen molar-refractivity contribution in [3.05, 3.63) is 93.6 Å². The maximum Gasteiger partial charge on any atom is 0.296 e. The quantitative estimate of drug-likeness (QED) is 0.378. The number of carbonyl (C=O) groups is 2. The Kier molecular flexibility index (Phi) is 4.87. The summed E-state index contributed by atoms with van der Waals surface area (Å²) in [6, 6.07) is 15.2. The van der Waals surface area contributed by atoms with Gasteiger partial charge in [0.25, 0.3) is 5.91 Å². The van der Waals surface area contributed by atoms with Gasteiger partial charge in [0.1, 0.15) is 11.3 Å². The molecule has 1 aliphatic rings. The highest BCUT2D eigenvalue weighted by Gasteiger charge is 2.47. The van der Waals surface area contributed by atoms with E-state index in [1.165, 1.54) is 22.3 Å². The molecule has 1 atom stereocenters. The summed E-state index contributed by atoms with van der Waals surface area (Å²) in [6.07, 6.45) is 0. The van der Waals surface area contributed by atoms with Gasteiger partial charge < -0.3 is 9.52 Å². The van der Waals surface area contributed by atoms with E-state index in [1.54, 1.807) is 25.1 Å². The monoisotopic (exact) mass is 464 g/mol. The van der Waals surface area contributed by atoms with Gasteiger partial charge in [0.05, 0.1) is 21.3 Å². The summed E-state index contributed by atoms with van der Waals surface area (Å²) in [6.45, 7) is 3.61. The number of aromatic nitrogens is 1. The summed E-state index contributed by atoms with van der Waals surface area (Å²) >= 11 is 7.57. The van der Waals surface area contributed by atoms with Crippen LogP contribution in [-0.2, 0) is 4.79 Å². The SMILES string of the molecule is Cc1ccc(C(=O)C2=C(O)C(=O)N(c3nc4c(Cl)cccc4s3)C2c2ccccc2C)o1. The largest absolute Gasteiger partial charge is 0.503 e. The molecule has 2 aromatic carbocycles. The number of aliphatic hydroxyl groups is 1. The van der Waals surface area contributed by atoms with Crippen LogP contribution in [0.1, 0.15) is 33.5 Å². The van der Waals surface area contributed by atoms with Gasteiger partial charge in [-0.25, -0.2) is 4.98 Å². The molecule has 0 aliphatic carbocycles. The minimum Gasteiger partial charge on any atom is -0.503 e. The summed E-state index contributed by atoms with van der Waals surface area (Å²) in [5.41, 5.74) is 2.10. The maximum absolute atomic E-state index is 13.4. The highest BCUT2D eigenvalue weighted by atomic mass is 35.5. The Bertz CT molecular complexity index is 1430. The second kappa shape index (κ2) is 7.62. The first-order valence-corrected chi connectivity index (χ1v) is 11.0. The molecule has 4 aromatic rings. The van der Waals surface area contributed by atoms with Crippen LogP contribution in [0.5, 0.6) is 0 Å². The smallest absolute Gasteiger partial charge is 0.296 e. The fourth-order valence-electron chi connectivity index (χ4n) is 3.92. The van der Waals surface area contributed by atoms with Gasteiger partial charge in [-0.3, -0.25) is 14.5 Å². The van der Waals surface area contributed by atoms with Crippen LogP contribution in [-0.4, -0.2) is 21.8 Å². The minimum absolute atomic E-state index is 0.0380. The second-order valence-corrected chi connectivity index (χ2v) is 8.94. The van der Waals surface area contributed by atoms with Gasteiger partial charge in [-0.05, 0) is 49.2 Å². The molecule has 2 aromatic heterocycles. The molecule has 1 N–H and O–H groups in total. The third-order valence-electron chi connectivity index (χ3n) is 5.46. The van der Waals surface area contributed by atoms with E-state index in [0.717, 1.165) is 10.3 Å². The molecule has 3 heterocycles. The Labute approximate surface area is 192 Å². The van der Waals surface area contributed by atoms with E-state index < -0.39 is 23.5 Å². The summed E-state index contributed by atoms with van der Waals surface area (Å²) in [7, 11) is 0. The standard InChI is InChI=1S/C24H17ClN2O4S/c1-12-6-3-4-7-14(12)20-18(21(28)16-11-10-13(2)31-16)22(29)23(30)27(20)24-26-19-15(25)8-5-9-17(19)32-24/h3-11,20,29H,1-2H3. The third kappa shape index (κ3) is 3.13. The van der Waals surface area contributed by atoms with Crippen molar-refractivity contribution in [2.45, 2.75) is 19.9 Å². The average molecular weight is 465 g/mol. The lowest BCUT2D eigenvalue weighted by Crippen LogP contribution is -2.31. The van der Waals surface area contributed by atoms with E-state index in [2.05, 4.69) is 4.98 Å². The lowest BCUT2D eigenvalue weighted by atomic mass is 9.92. The zero-order chi connectivity index (χ0) is 22.6. The van der Waals surface area contributed by atoms with Gasteiger partial charge in [0, 0.05) is 0 Å². The molecular formula is C24H17ClN2O4S. The fraction of sp³-hybridized carbons (Fsp3) is 0.125. The van der Waals surface area contributed by atoms with Gasteiger partial charge in [-0.1, -0.05) is 53.3 Å². The number of furan rings is 1. The number of halogens is 1. The molecule has 0 bridgehead atoms. The van der Waals surface area contributed by atoms with Gasteiger partial charge in [-0.15, -0.1) is 0 Å². The van der Waals surface area contributed by atoms with Crippen LogP contribution >= 0.6 is 22.9 Å². The minimum atomic E-state index is -0.860. The van der Waals surface area contributed by atoms with E-state index in [9.17, 15) is 14.7 Å². The molecule has 5 rings (SSSR count). The van der Waals surface area contributed by atoms with Crippen molar-refractivity contribution in [3.63, 3.8) is 0 Å². The van der Waals surface area contributed by atoms with Crippen LogP contribution in [0.4, 0.5) is 5.13 Å². The molecule has 160 valence electrons.